The quantitative estimate of drug-likeness (QED) is 0.698. The van der Waals surface area contributed by atoms with Crippen LogP contribution in [0.1, 0.15) is 55.5 Å². The van der Waals surface area contributed by atoms with E-state index in [4.69, 9.17) is 0 Å². The fraction of sp³-hybridized carbons (Fsp3) is 0.435. The summed E-state index contributed by atoms with van der Waals surface area (Å²) in [6, 6.07) is 12.4. The molecule has 0 saturated heterocycles. The topological polar surface area (TPSA) is 66.5 Å². The monoisotopic (exact) mass is 416 g/mol. The molecule has 0 radical (unpaired) electrons. The zero-order chi connectivity index (χ0) is 21.8. The molecule has 0 aromatic heterocycles. The molecule has 2 atom stereocenters. The number of sulfonamides is 1. The fourth-order valence-corrected chi connectivity index (χ4v) is 4.56. The number of carbonyl (C=O) groups is 1. The zero-order valence-electron chi connectivity index (χ0n) is 18.2. The first kappa shape index (κ1) is 22.9. The maximum Gasteiger partial charge on any atom is 0.244 e. The van der Waals surface area contributed by atoms with Gasteiger partial charge < -0.3 is 5.32 Å². The smallest absolute Gasteiger partial charge is 0.244 e. The molecular formula is C23H32N2O3S. The van der Waals surface area contributed by atoms with Gasteiger partial charge in [0.05, 0.1) is 18.0 Å². The lowest BCUT2D eigenvalue weighted by Gasteiger charge is -2.30. The molecule has 0 bridgehead atoms. The Labute approximate surface area is 175 Å². The second-order valence-electron chi connectivity index (χ2n) is 7.57. The number of hydrogen-bond donors (Lipinski definition) is 1. The Balaban J connectivity index is 2.28. The van der Waals surface area contributed by atoms with Crippen LogP contribution in [0.2, 0.25) is 0 Å². The van der Waals surface area contributed by atoms with E-state index in [9.17, 15) is 13.2 Å². The van der Waals surface area contributed by atoms with Crippen molar-refractivity contribution < 1.29 is 13.2 Å². The number of hydrogen-bond acceptors (Lipinski definition) is 3. The molecule has 0 aliphatic rings. The Hall–Kier alpha value is -2.34. The highest BCUT2D eigenvalue weighted by molar-refractivity contribution is 7.92. The maximum atomic E-state index is 13.0. The predicted octanol–water partition coefficient (Wildman–Crippen LogP) is 4.29. The first-order chi connectivity index (χ1) is 13.6. The average Bonchev–Trinajstić information content (AvgIpc) is 2.67. The summed E-state index contributed by atoms with van der Waals surface area (Å²) in [6.45, 7) is 9.76. The van der Waals surface area contributed by atoms with Crippen molar-refractivity contribution in [3.63, 3.8) is 0 Å². The predicted molar refractivity (Wildman–Crippen MR) is 120 cm³/mol. The number of anilines is 1. The van der Waals surface area contributed by atoms with Crippen molar-refractivity contribution >= 4 is 21.6 Å². The molecule has 0 fully saturated rings. The SMILES string of the molecule is CCc1ccc(N([C@H](C)C(=O)N[C@H](CC)c2ccc(C)c(C)c2)S(C)(=O)=O)cc1. The molecule has 0 unspecified atom stereocenters. The van der Waals surface area contributed by atoms with Gasteiger partial charge in [0.25, 0.3) is 0 Å². The molecule has 1 N–H and O–H groups in total. The van der Waals surface area contributed by atoms with Crippen molar-refractivity contribution in [2.75, 3.05) is 10.6 Å². The van der Waals surface area contributed by atoms with Crippen molar-refractivity contribution in [2.24, 2.45) is 0 Å². The van der Waals surface area contributed by atoms with E-state index in [1.54, 1.807) is 19.1 Å². The number of rotatable bonds is 8. The van der Waals surface area contributed by atoms with E-state index in [0.717, 1.165) is 29.4 Å². The molecule has 0 saturated carbocycles. The average molecular weight is 417 g/mol. The molecule has 2 aromatic carbocycles. The highest BCUT2D eigenvalue weighted by Gasteiger charge is 2.30. The second kappa shape index (κ2) is 9.44. The van der Waals surface area contributed by atoms with E-state index in [-0.39, 0.29) is 11.9 Å². The minimum Gasteiger partial charge on any atom is -0.347 e. The van der Waals surface area contributed by atoms with Gasteiger partial charge in [-0.25, -0.2) is 8.42 Å². The van der Waals surface area contributed by atoms with Gasteiger partial charge in [0.2, 0.25) is 15.9 Å². The number of nitrogens with one attached hydrogen (secondary N) is 1. The molecule has 1 amide bonds. The van der Waals surface area contributed by atoms with E-state index in [1.807, 2.05) is 45.0 Å². The summed E-state index contributed by atoms with van der Waals surface area (Å²) < 4.78 is 26.2. The third-order valence-corrected chi connectivity index (χ3v) is 6.59. The maximum absolute atomic E-state index is 13.0. The molecule has 0 aliphatic carbocycles. The lowest BCUT2D eigenvalue weighted by atomic mass is 9.99. The van der Waals surface area contributed by atoms with Crippen LogP contribution >= 0.6 is 0 Å². The molecular weight excluding hydrogens is 384 g/mol. The Morgan fingerprint density at radius 3 is 2.14 bits per heavy atom. The summed E-state index contributed by atoms with van der Waals surface area (Å²) in [5.41, 5.74) is 4.99. The Morgan fingerprint density at radius 2 is 1.66 bits per heavy atom. The number of aryl methyl sites for hydroxylation is 3. The van der Waals surface area contributed by atoms with Gasteiger partial charge in [-0.15, -0.1) is 0 Å². The summed E-state index contributed by atoms with van der Waals surface area (Å²) in [6.07, 6.45) is 2.71. The third-order valence-electron chi connectivity index (χ3n) is 5.35. The summed E-state index contributed by atoms with van der Waals surface area (Å²) in [5.74, 6) is -0.319. The van der Waals surface area contributed by atoms with Crippen LogP contribution in [0.15, 0.2) is 42.5 Å². The van der Waals surface area contributed by atoms with Crippen molar-refractivity contribution in [1.82, 2.24) is 5.32 Å². The van der Waals surface area contributed by atoms with E-state index >= 15 is 0 Å². The van der Waals surface area contributed by atoms with Crippen LogP contribution in [0.25, 0.3) is 0 Å². The molecule has 2 rings (SSSR count). The zero-order valence-corrected chi connectivity index (χ0v) is 19.0. The van der Waals surface area contributed by atoms with E-state index < -0.39 is 16.1 Å². The molecule has 0 aliphatic heterocycles. The van der Waals surface area contributed by atoms with Gasteiger partial charge in [0.1, 0.15) is 6.04 Å². The van der Waals surface area contributed by atoms with Crippen LogP contribution in [0.4, 0.5) is 5.69 Å². The fourth-order valence-electron chi connectivity index (χ4n) is 3.38. The molecule has 29 heavy (non-hydrogen) atoms. The van der Waals surface area contributed by atoms with Gasteiger partial charge in [0, 0.05) is 0 Å². The third kappa shape index (κ3) is 5.60. The lowest BCUT2D eigenvalue weighted by molar-refractivity contribution is -0.122. The van der Waals surface area contributed by atoms with Crippen LogP contribution in [0.3, 0.4) is 0 Å². The molecule has 2 aromatic rings. The molecule has 0 spiro atoms. The van der Waals surface area contributed by atoms with Gasteiger partial charge in [-0.3, -0.25) is 9.10 Å². The van der Waals surface area contributed by atoms with E-state index in [0.29, 0.717) is 12.1 Å². The summed E-state index contributed by atoms with van der Waals surface area (Å²) in [4.78, 5) is 13.0. The number of carbonyl (C=O) groups excluding carboxylic acids is 1. The first-order valence-electron chi connectivity index (χ1n) is 10.0. The van der Waals surface area contributed by atoms with Gasteiger partial charge in [-0.2, -0.15) is 0 Å². The van der Waals surface area contributed by atoms with Crippen LogP contribution in [-0.2, 0) is 21.2 Å². The number of amides is 1. The minimum absolute atomic E-state index is 0.173. The Kier molecular flexibility index (Phi) is 7.47. The standard InChI is InChI=1S/C23H32N2O3S/c1-7-19-10-13-21(14-11-19)25(29(6,27)28)18(5)23(26)24-22(8-2)20-12-9-16(3)17(4)15-20/h9-15,18,22H,7-8H2,1-6H3,(H,24,26)/t18-,22-/m1/s1. The van der Waals surface area contributed by atoms with Gasteiger partial charge >= 0.3 is 0 Å². The Bertz CT molecular complexity index is 953. The first-order valence-corrected chi connectivity index (χ1v) is 11.9. The van der Waals surface area contributed by atoms with E-state index in [1.165, 1.54) is 9.87 Å². The van der Waals surface area contributed by atoms with Crippen LogP contribution in [0, 0.1) is 13.8 Å². The summed E-state index contributed by atoms with van der Waals surface area (Å²) in [7, 11) is -3.63. The molecule has 5 nitrogen and oxygen atoms in total. The van der Waals surface area contributed by atoms with Crippen LogP contribution in [0.5, 0.6) is 0 Å². The van der Waals surface area contributed by atoms with Crippen LogP contribution in [-0.4, -0.2) is 26.6 Å². The largest absolute Gasteiger partial charge is 0.347 e. The minimum atomic E-state index is -3.63. The highest BCUT2D eigenvalue weighted by Crippen LogP contribution is 2.24. The van der Waals surface area contributed by atoms with Gasteiger partial charge in [-0.1, -0.05) is 44.2 Å². The van der Waals surface area contributed by atoms with Crippen molar-refractivity contribution in [1.29, 1.82) is 0 Å². The normalized spacial score (nSPS) is 13.6. The van der Waals surface area contributed by atoms with E-state index in [2.05, 4.69) is 18.3 Å². The number of nitrogens with zero attached hydrogens (tertiary/aromatic N) is 1. The van der Waals surface area contributed by atoms with Crippen molar-refractivity contribution in [2.45, 2.75) is 59.5 Å². The summed E-state index contributed by atoms with van der Waals surface area (Å²) >= 11 is 0. The van der Waals surface area contributed by atoms with Gasteiger partial charge in [-0.05, 0) is 68.0 Å². The second-order valence-corrected chi connectivity index (χ2v) is 9.43. The van der Waals surface area contributed by atoms with Gasteiger partial charge in [0.15, 0.2) is 0 Å². The molecule has 6 heteroatoms. The highest BCUT2D eigenvalue weighted by atomic mass is 32.2. The van der Waals surface area contributed by atoms with Crippen molar-refractivity contribution in [3.05, 3.63) is 64.7 Å². The number of benzene rings is 2. The molecule has 0 heterocycles. The lowest BCUT2D eigenvalue weighted by Crippen LogP contribution is -2.48. The Morgan fingerprint density at radius 1 is 1.03 bits per heavy atom. The van der Waals surface area contributed by atoms with Crippen molar-refractivity contribution in [3.8, 4) is 0 Å². The van der Waals surface area contributed by atoms with Crippen LogP contribution < -0.4 is 9.62 Å². The summed E-state index contributed by atoms with van der Waals surface area (Å²) in [5, 5.41) is 3.03. The molecule has 158 valence electrons.